The molecule has 226 valence electrons. The molecule has 0 aliphatic heterocycles. The molecule has 12 nitrogen and oxygen atoms in total. The molecule has 2 aliphatic rings. The Balaban J connectivity index is 0.000000418. The molecule has 0 saturated heterocycles. The van der Waals surface area contributed by atoms with E-state index in [0.29, 0.717) is 0 Å². The van der Waals surface area contributed by atoms with Crippen LogP contribution in [0, 0.1) is 0 Å². The van der Waals surface area contributed by atoms with Crippen LogP contribution in [0.5, 0.6) is 17.2 Å². The van der Waals surface area contributed by atoms with E-state index in [9.17, 15) is 34.8 Å². The highest BCUT2D eigenvalue weighted by Gasteiger charge is 2.45. The summed E-state index contributed by atoms with van der Waals surface area (Å²) in [5.41, 5.74) is 2.94. The Morgan fingerprint density at radius 2 is 1.61 bits per heavy atom. The van der Waals surface area contributed by atoms with Gasteiger partial charge in [-0.1, -0.05) is 26.0 Å². The summed E-state index contributed by atoms with van der Waals surface area (Å²) in [6.07, 6.45) is -1.64. The molecule has 0 spiro atoms. The molecule has 0 bridgehead atoms. The maximum absolute atomic E-state index is 13.1. The third kappa shape index (κ3) is 6.27. The Kier molecular flexibility index (Phi) is 11.5. The standard InChI is InChI=1S/C21H18O8.C6H15NO3.C2H6/c1-29-12-4-2-3-10-14(12)20(27)16-15(18(10)25)19(26)11-7-21(28,13(23)8-22)6-5-9(11)17(16)24;1-4(10-2)6(9)5(7)3-8;1-2/h2-4,22,24,26,28H,5-8H2,1H3;4-6,8-9H,3,7H2,1-2H3;1-2H3/t21-;;/m1../s1. The van der Waals surface area contributed by atoms with E-state index in [4.69, 9.17) is 25.4 Å². The van der Waals surface area contributed by atoms with Gasteiger partial charge in [0.25, 0.3) is 0 Å². The highest BCUT2D eigenvalue weighted by atomic mass is 16.5. The number of rotatable bonds is 7. The number of fused-ring (bicyclic) bond motifs is 3. The number of aromatic hydroxyl groups is 2. The Morgan fingerprint density at radius 1 is 1.02 bits per heavy atom. The van der Waals surface area contributed by atoms with Gasteiger partial charge in [-0.15, -0.1) is 0 Å². The molecule has 4 rings (SSSR count). The average Bonchev–Trinajstić information content (AvgIpc) is 3.00. The van der Waals surface area contributed by atoms with Crippen LogP contribution >= 0.6 is 0 Å². The van der Waals surface area contributed by atoms with Gasteiger partial charge >= 0.3 is 0 Å². The van der Waals surface area contributed by atoms with Crippen molar-refractivity contribution in [3.05, 3.63) is 51.6 Å². The summed E-state index contributed by atoms with van der Waals surface area (Å²) in [5, 5.41) is 59.0. The number of hydrogen-bond acceptors (Lipinski definition) is 12. The van der Waals surface area contributed by atoms with Crippen LogP contribution in [-0.2, 0) is 22.4 Å². The number of phenolic OH excluding ortho intramolecular Hbond substituents is 2. The molecule has 2 aromatic rings. The van der Waals surface area contributed by atoms with E-state index in [1.54, 1.807) is 6.92 Å². The highest BCUT2D eigenvalue weighted by Crippen LogP contribution is 2.48. The molecule has 41 heavy (non-hydrogen) atoms. The highest BCUT2D eigenvalue weighted by molar-refractivity contribution is 6.31. The summed E-state index contributed by atoms with van der Waals surface area (Å²) in [6.45, 7) is 4.59. The zero-order valence-corrected chi connectivity index (χ0v) is 23.8. The molecule has 0 amide bonds. The molecule has 0 aromatic heterocycles. The van der Waals surface area contributed by atoms with Crippen LogP contribution in [0.25, 0.3) is 0 Å². The van der Waals surface area contributed by atoms with Crippen LogP contribution in [0.15, 0.2) is 18.2 Å². The minimum Gasteiger partial charge on any atom is -0.507 e. The molecule has 0 saturated carbocycles. The number of hydrogen-bond donors (Lipinski definition) is 7. The fourth-order valence-electron chi connectivity index (χ4n) is 4.80. The van der Waals surface area contributed by atoms with Crippen molar-refractivity contribution in [1.29, 1.82) is 0 Å². The summed E-state index contributed by atoms with van der Waals surface area (Å²) < 4.78 is 9.98. The Morgan fingerprint density at radius 3 is 2.15 bits per heavy atom. The van der Waals surface area contributed by atoms with E-state index in [1.807, 2.05) is 13.8 Å². The number of Topliss-reactive ketones (excluding diaryl/α,β-unsaturated/α-hetero) is 1. The number of phenols is 2. The number of aliphatic hydroxyl groups is 4. The van der Waals surface area contributed by atoms with Crippen LogP contribution < -0.4 is 10.5 Å². The minimum absolute atomic E-state index is 0.00456. The second-order valence-electron chi connectivity index (χ2n) is 9.51. The van der Waals surface area contributed by atoms with E-state index in [0.717, 1.165) is 0 Å². The summed E-state index contributed by atoms with van der Waals surface area (Å²) in [6, 6.07) is 3.85. The number of carbonyl (C=O) groups excluding carboxylic acids is 3. The summed E-state index contributed by atoms with van der Waals surface area (Å²) in [5.74, 6) is -2.99. The van der Waals surface area contributed by atoms with Gasteiger partial charge in [-0.05, 0) is 25.8 Å². The van der Waals surface area contributed by atoms with Crippen molar-refractivity contribution < 1.29 is 54.5 Å². The number of ketones is 3. The molecule has 0 fully saturated rings. The quantitative estimate of drug-likeness (QED) is 0.190. The lowest BCUT2D eigenvalue weighted by atomic mass is 9.73. The van der Waals surface area contributed by atoms with Crippen molar-refractivity contribution >= 4 is 17.3 Å². The number of aliphatic hydroxyl groups excluding tert-OH is 3. The van der Waals surface area contributed by atoms with Crippen molar-refractivity contribution in [3.63, 3.8) is 0 Å². The topological polar surface area (TPSA) is 217 Å². The number of benzene rings is 2. The number of methoxy groups -OCH3 is 2. The van der Waals surface area contributed by atoms with Crippen molar-refractivity contribution in [2.24, 2.45) is 5.73 Å². The summed E-state index contributed by atoms with van der Waals surface area (Å²) in [7, 11) is 2.84. The first kappa shape index (κ1) is 33.8. The van der Waals surface area contributed by atoms with Gasteiger partial charge in [0.05, 0.1) is 48.7 Å². The Labute approximate surface area is 238 Å². The first-order chi connectivity index (χ1) is 19.4. The predicted octanol–water partition coefficient (Wildman–Crippen LogP) is 0.391. The van der Waals surface area contributed by atoms with E-state index >= 15 is 0 Å². The maximum atomic E-state index is 13.1. The monoisotopic (exact) mass is 577 g/mol. The van der Waals surface area contributed by atoms with Crippen molar-refractivity contribution in [2.45, 2.75) is 63.9 Å². The van der Waals surface area contributed by atoms with Crippen LogP contribution in [0.4, 0.5) is 0 Å². The number of ether oxygens (including phenoxy) is 2. The second kappa shape index (κ2) is 14.0. The van der Waals surface area contributed by atoms with Crippen molar-refractivity contribution in [3.8, 4) is 17.2 Å². The largest absolute Gasteiger partial charge is 0.507 e. The lowest BCUT2D eigenvalue weighted by Crippen LogP contribution is -2.45. The summed E-state index contributed by atoms with van der Waals surface area (Å²) in [4.78, 5) is 38.2. The van der Waals surface area contributed by atoms with Crippen molar-refractivity contribution in [2.75, 3.05) is 27.4 Å². The van der Waals surface area contributed by atoms with Gasteiger partial charge < -0.3 is 45.8 Å². The van der Waals surface area contributed by atoms with Gasteiger partial charge in [-0.3, -0.25) is 14.4 Å². The molecule has 8 N–H and O–H groups in total. The third-order valence-corrected chi connectivity index (χ3v) is 7.25. The van der Waals surface area contributed by atoms with Crippen LogP contribution in [0.3, 0.4) is 0 Å². The van der Waals surface area contributed by atoms with Crippen LogP contribution in [-0.4, -0.2) is 99.3 Å². The summed E-state index contributed by atoms with van der Waals surface area (Å²) >= 11 is 0. The van der Waals surface area contributed by atoms with Gasteiger partial charge in [0.2, 0.25) is 5.78 Å². The molecule has 2 aliphatic carbocycles. The van der Waals surface area contributed by atoms with Gasteiger partial charge in [0.15, 0.2) is 11.6 Å². The molecule has 12 heteroatoms. The Hall–Kier alpha value is -3.39. The normalized spacial score (nSPS) is 19.2. The fraction of sp³-hybridized carbons (Fsp3) is 0.483. The average molecular weight is 578 g/mol. The van der Waals surface area contributed by atoms with Crippen LogP contribution in [0.2, 0.25) is 0 Å². The smallest absolute Gasteiger partial charge is 0.202 e. The zero-order chi connectivity index (χ0) is 31.2. The third-order valence-electron chi connectivity index (χ3n) is 7.25. The fourth-order valence-corrected chi connectivity index (χ4v) is 4.80. The van der Waals surface area contributed by atoms with E-state index in [1.165, 1.54) is 32.4 Å². The molecule has 0 radical (unpaired) electrons. The molecular weight excluding hydrogens is 538 g/mol. The van der Waals surface area contributed by atoms with Gasteiger partial charge in [0.1, 0.15) is 29.5 Å². The molecule has 0 heterocycles. The lowest BCUT2D eigenvalue weighted by Gasteiger charge is -2.34. The van der Waals surface area contributed by atoms with Gasteiger partial charge in [0, 0.05) is 30.2 Å². The first-order valence-corrected chi connectivity index (χ1v) is 13.2. The van der Waals surface area contributed by atoms with E-state index in [-0.39, 0.29) is 71.1 Å². The van der Waals surface area contributed by atoms with Gasteiger partial charge in [-0.2, -0.15) is 0 Å². The minimum atomic E-state index is -1.93. The zero-order valence-electron chi connectivity index (χ0n) is 23.8. The first-order valence-electron chi connectivity index (χ1n) is 13.2. The predicted molar refractivity (Wildman–Crippen MR) is 148 cm³/mol. The SMILES string of the molecule is CC.COC(C)C(O)C(N)CO.COc1cccc2c1C(=O)c1c(O)c3c(c(O)c1C2=O)C[C@@](O)(C(=O)CO)CC3. The Bertz CT molecular complexity index is 1280. The molecule has 4 atom stereocenters. The van der Waals surface area contributed by atoms with E-state index in [2.05, 4.69) is 0 Å². The number of nitrogens with two attached hydrogens (primary N) is 1. The van der Waals surface area contributed by atoms with E-state index < -0.39 is 53.2 Å². The molecular formula is C29H39NO11. The number of carbonyl (C=O) groups is 3. The van der Waals surface area contributed by atoms with Crippen molar-refractivity contribution in [1.82, 2.24) is 0 Å². The lowest BCUT2D eigenvalue weighted by molar-refractivity contribution is -0.141. The van der Waals surface area contributed by atoms with Gasteiger partial charge in [-0.25, -0.2) is 0 Å². The molecule has 2 aromatic carbocycles. The van der Waals surface area contributed by atoms with Crippen LogP contribution in [0.1, 0.15) is 70.2 Å². The second-order valence-corrected chi connectivity index (χ2v) is 9.51. The maximum Gasteiger partial charge on any atom is 0.202 e. The molecule has 3 unspecified atom stereocenters.